The minimum absolute atomic E-state index is 0.573. The van der Waals surface area contributed by atoms with Crippen LogP contribution in [0.2, 0.25) is 0 Å². The molecule has 3 heterocycles. The van der Waals surface area contributed by atoms with Crippen LogP contribution in [0.3, 0.4) is 0 Å². The summed E-state index contributed by atoms with van der Waals surface area (Å²) in [5.74, 6) is 0.614. The monoisotopic (exact) mass is 727 g/mol. The lowest BCUT2D eigenvalue weighted by molar-refractivity contribution is 0.669. The van der Waals surface area contributed by atoms with Gasteiger partial charge in [-0.1, -0.05) is 164 Å². The zero-order chi connectivity index (χ0) is 37.5. The normalized spacial score (nSPS) is 13.4. The maximum atomic E-state index is 6.40. The van der Waals surface area contributed by atoms with Crippen molar-refractivity contribution in [2.75, 3.05) is 4.90 Å². The molecule has 0 saturated carbocycles. The van der Waals surface area contributed by atoms with Gasteiger partial charge in [0.1, 0.15) is 11.2 Å². The van der Waals surface area contributed by atoms with Crippen LogP contribution in [0.25, 0.3) is 66.7 Å². The number of aromatic nitrogens is 2. The van der Waals surface area contributed by atoms with Gasteiger partial charge in [0.05, 0.1) is 28.2 Å². The van der Waals surface area contributed by atoms with E-state index in [2.05, 4.69) is 181 Å². The van der Waals surface area contributed by atoms with E-state index in [0.29, 0.717) is 5.95 Å². The maximum absolute atomic E-state index is 6.40. The van der Waals surface area contributed by atoms with Gasteiger partial charge in [0.25, 0.3) is 0 Å². The Kier molecular flexibility index (Phi) is 6.81. The van der Waals surface area contributed by atoms with Crippen LogP contribution in [-0.4, -0.2) is 9.97 Å². The third-order valence-corrected chi connectivity index (χ3v) is 11.9. The van der Waals surface area contributed by atoms with Crippen LogP contribution >= 0.6 is 0 Å². The predicted octanol–water partition coefficient (Wildman–Crippen LogP) is 13.5. The van der Waals surface area contributed by atoms with Gasteiger partial charge in [-0.2, -0.15) is 0 Å². The molecule has 4 heteroatoms. The number of rotatable bonds is 4. The van der Waals surface area contributed by atoms with Gasteiger partial charge in [0, 0.05) is 21.9 Å². The van der Waals surface area contributed by atoms with Crippen LogP contribution in [0.5, 0.6) is 0 Å². The molecule has 8 aromatic carbocycles. The van der Waals surface area contributed by atoms with Gasteiger partial charge < -0.3 is 4.42 Å². The van der Waals surface area contributed by atoms with Crippen molar-refractivity contribution in [2.45, 2.75) is 5.41 Å². The number of fused-ring (bicyclic) bond motifs is 12. The number of nitrogens with zero attached hydrogens (tertiary/aromatic N) is 3. The van der Waals surface area contributed by atoms with Crippen LogP contribution in [0.1, 0.15) is 22.3 Å². The lowest BCUT2D eigenvalue weighted by Crippen LogP contribution is -2.36. The van der Waals surface area contributed by atoms with Crippen molar-refractivity contribution in [2.24, 2.45) is 0 Å². The lowest BCUT2D eigenvalue weighted by atomic mass is 9.64. The molecule has 0 N–H and O–H groups in total. The maximum Gasteiger partial charge on any atom is 0.235 e. The first-order valence-corrected chi connectivity index (χ1v) is 19.4. The van der Waals surface area contributed by atoms with E-state index in [1.807, 2.05) is 24.3 Å². The molecule has 57 heavy (non-hydrogen) atoms. The van der Waals surface area contributed by atoms with Crippen molar-refractivity contribution in [1.29, 1.82) is 0 Å². The summed E-state index contributed by atoms with van der Waals surface area (Å²) in [5, 5.41) is 2.23. The summed E-state index contributed by atoms with van der Waals surface area (Å²) in [7, 11) is 0. The van der Waals surface area contributed by atoms with Gasteiger partial charge in [-0.15, -0.1) is 0 Å². The molecule has 1 spiro atoms. The van der Waals surface area contributed by atoms with E-state index in [9.17, 15) is 0 Å². The fourth-order valence-corrected chi connectivity index (χ4v) is 9.46. The van der Waals surface area contributed by atoms with Gasteiger partial charge in [-0.3, -0.25) is 4.90 Å². The number of hydrogen-bond donors (Lipinski definition) is 0. The summed E-state index contributed by atoms with van der Waals surface area (Å²) in [6, 6.07) is 71.4. The minimum atomic E-state index is -0.573. The highest BCUT2D eigenvalue weighted by Gasteiger charge is 2.52. The van der Waals surface area contributed by atoms with Crippen LogP contribution in [0.4, 0.5) is 17.3 Å². The SMILES string of the molecule is c1ccc(-c2cc(-c3ccccc3)nc(N3c4ccccc4C4(c5ccccc5-c5ccccc54)c4ccc(-c5ccc6c(c5)oc5ccccc56)cc43)n2)cc1. The second-order valence-corrected chi connectivity index (χ2v) is 14.9. The summed E-state index contributed by atoms with van der Waals surface area (Å²) in [6.07, 6.45) is 0. The Labute approximate surface area is 330 Å². The molecule has 2 aromatic heterocycles. The molecule has 12 rings (SSSR count). The van der Waals surface area contributed by atoms with E-state index < -0.39 is 5.41 Å². The Morgan fingerprint density at radius 1 is 0.368 bits per heavy atom. The van der Waals surface area contributed by atoms with Gasteiger partial charge in [-0.25, -0.2) is 9.97 Å². The Balaban J connectivity index is 1.17. The highest BCUT2D eigenvalue weighted by atomic mass is 16.3. The van der Waals surface area contributed by atoms with Crippen LogP contribution < -0.4 is 4.90 Å². The van der Waals surface area contributed by atoms with Gasteiger partial charge in [-0.05, 0) is 80.9 Å². The average Bonchev–Trinajstić information content (AvgIpc) is 3.80. The quantitative estimate of drug-likeness (QED) is 0.181. The number of para-hydroxylation sites is 2. The van der Waals surface area contributed by atoms with E-state index >= 15 is 0 Å². The van der Waals surface area contributed by atoms with Crippen molar-refractivity contribution in [3.8, 4) is 44.8 Å². The van der Waals surface area contributed by atoms with Crippen molar-refractivity contribution in [3.05, 3.63) is 222 Å². The summed E-state index contributed by atoms with van der Waals surface area (Å²) < 4.78 is 6.40. The van der Waals surface area contributed by atoms with E-state index in [0.717, 1.165) is 67.0 Å². The smallest absolute Gasteiger partial charge is 0.235 e. The Morgan fingerprint density at radius 3 is 1.60 bits per heavy atom. The minimum Gasteiger partial charge on any atom is -0.456 e. The van der Waals surface area contributed by atoms with Crippen LogP contribution in [0.15, 0.2) is 205 Å². The Hall–Kier alpha value is -7.56. The molecule has 266 valence electrons. The standard InChI is InChI=1S/C53H33N3O/c1-3-15-34(16-4-1)46-33-47(35-17-5-2-6-18-35)55-52(54-46)56-48-25-13-12-24-44(48)53(42-22-10-7-19-38(42)39-20-8-11-23-43(39)53)45-30-28-36(31-49(45)56)37-27-29-41-40-21-9-14-26-50(40)57-51(41)32-37/h1-33H. The molecule has 1 aliphatic carbocycles. The van der Waals surface area contributed by atoms with Crippen molar-refractivity contribution in [3.63, 3.8) is 0 Å². The molecular weight excluding hydrogens is 695 g/mol. The summed E-state index contributed by atoms with van der Waals surface area (Å²) >= 11 is 0. The van der Waals surface area contributed by atoms with E-state index in [-0.39, 0.29) is 0 Å². The third-order valence-electron chi connectivity index (χ3n) is 11.9. The summed E-state index contributed by atoms with van der Waals surface area (Å²) in [5.41, 5.74) is 16.7. The lowest BCUT2D eigenvalue weighted by Gasteiger charge is -2.44. The fourth-order valence-electron chi connectivity index (χ4n) is 9.46. The summed E-state index contributed by atoms with van der Waals surface area (Å²) in [6.45, 7) is 0. The second kappa shape index (κ2) is 12.2. The average molecular weight is 728 g/mol. The van der Waals surface area contributed by atoms with Gasteiger partial charge in [0.2, 0.25) is 5.95 Å². The molecule has 1 aliphatic heterocycles. The highest BCUT2D eigenvalue weighted by molar-refractivity contribution is 6.06. The van der Waals surface area contributed by atoms with E-state index in [4.69, 9.17) is 14.4 Å². The largest absolute Gasteiger partial charge is 0.456 e. The predicted molar refractivity (Wildman–Crippen MR) is 231 cm³/mol. The number of benzene rings is 8. The van der Waals surface area contributed by atoms with E-state index in [1.54, 1.807) is 0 Å². The molecule has 2 aliphatic rings. The van der Waals surface area contributed by atoms with E-state index in [1.165, 1.54) is 33.4 Å². The fraction of sp³-hybridized carbons (Fsp3) is 0.0189. The third kappa shape index (κ3) is 4.62. The van der Waals surface area contributed by atoms with Gasteiger partial charge in [0.15, 0.2) is 0 Å². The van der Waals surface area contributed by atoms with Crippen molar-refractivity contribution < 1.29 is 4.42 Å². The first kappa shape index (κ1) is 31.8. The second-order valence-electron chi connectivity index (χ2n) is 14.9. The number of hydrogen-bond acceptors (Lipinski definition) is 4. The molecule has 0 amide bonds. The van der Waals surface area contributed by atoms with Crippen LogP contribution in [0, 0.1) is 0 Å². The topological polar surface area (TPSA) is 42.2 Å². The first-order valence-electron chi connectivity index (χ1n) is 19.4. The molecule has 0 saturated heterocycles. The van der Waals surface area contributed by atoms with Crippen molar-refractivity contribution >= 4 is 39.3 Å². The Morgan fingerprint density at radius 2 is 0.895 bits per heavy atom. The number of furan rings is 1. The molecular formula is C53H33N3O. The Bertz CT molecular complexity index is 3100. The van der Waals surface area contributed by atoms with Gasteiger partial charge >= 0.3 is 0 Å². The number of anilines is 3. The van der Waals surface area contributed by atoms with Crippen molar-refractivity contribution in [1.82, 2.24) is 9.97 Å². The molecule has 10 aromatic rings. The zero-order valence-corrected chi connectivity index (χ0v) is 30.8. The molecule has 4 nitrogen and oxygen atoms in total. The first-order chi connectivity index (χ1) is 28.3. The molecule has 0 unspecified atom stereocenters. The zero-order valence-electron chi connectivity index (χ0n) is 30.8. The van der Waals surface area contributed by atoms with Crippen LogP contribution in [-0.2, 0) is 5.41 Å². The highest BCUT2D eigenvalue weighted by Crippen LogP contribution is 2.63. The summed E-state index contributed by atoms with van der Waals surface area (Å²) in [4.78, 5) is 13.1. The molecule has 0 fully saturated rings. The molecule has 0 radical (unpaired) electrons. The molecule has 0 bridgehead atoms. The molecule has 0 atom stereocenters.